The number of nitrogens with one attached hydrogen (secondary N) is 2. The van der Waals surface area contributed by atoms with E-state index in [4.69, 9.17) is 14.2 Å². The lowest BCUT2D eigenvalue weighted by Crippen LogP contribution is -2.39. The van der Waals surface area contributed by atoms with Crippen molar-refractivity contribution in [1.82, 2.24) is 15.2 Å². The maximum Gasteiger partial charge on any atom is 0.253 e. The van der Waals surface area contributed by atoms with Gasteiger partial charge >= 0.3 is 0 Å². The van der Waals surface area contributed by atoms with Crippen molar-refractivity contribution < 1.29 is 19.0 Å². The number of amides is 1. The van der Waals surface area contributed by atoms with E-state index in [2.05, 4.69) is 20.5 Å². The summed E-state index contributed by atoms with van der Waals surface area (Å²) in [7, 11) is 0. The summed E-state index contributed by atoms with van der Waals surface area (Å²) in [5.41, 5.74) is 1.48. The summed E-state index contributed by atoms with van der Waals surface area (Å²) in [6, 6.07) is 9.24. The average molecular weight is 384 g/mol. The summed E-state index contributed by atoms with van der Waals surface area (Å²) in [6.07, 6.45) is 1.59. The van der Waals surface area contributed by atoms with Crippen molar-refractivity contribution in [2.45, 2.75) is 6.54 Å². The van der Waals surface area contributed by atoms with Crippen LogP contribution in [0.15, 0.2) is 36.5 Å². The number of aromatic nitrogens is 1. The minimum Gasteiger partial charge on any atom is -0.454 e. The molecule has 2 aliphatic heterocycles. The van der Waals surface area contributed by atoms with Gasteiger partial charge in [0, 0.05) is 38.9 Å². The van der Waals surface area contributed by atoms with Crippen LogP contribution in [-0.2, 0) is 11.3 Å². The molecule has 0 spiro atoms. The summed E-state index contributed by atoms with van der Waals surface area (Å²) in [6.45, 7) is 5.95. The summed E-state index contributed by atoms with van der Waals surface area (Å²) in [5.74, 6) is 2.04. The molecule has 0 unspecified atom stereocenters. The van der Waals surface area contributed by atoms with Crippen molar-refractivity contribution in [1.29, 1.82) is 0 Å². The third-order valence-electron chi connectivity index (χ3n) is 4.75. The van der Waals surface area contributed by atoms with Crippen molar-refractivity contribution in [3.8, 4) is 11.5 Å². The number of ether oxygens (including phenoxy) is 3. The smallest absolute Gasteiger partial charge is 0.253 e. The molecule has 0 atom stereocenters. The number of hydrogen-bond donors (Lipinski definition) is 2. The Morgan fingerprint density at radius 3 is 2.79 bits per heavy atom. The Morgan fingerprint density at radius 2 is 1.96 bits per heavy atom. The number of carbonyl (C=O) groups excluding carboxylic acids is 1. The molecular formula is C20H24N4O4. The van der Waals surface area contributed by atoms with Crippen LogP contribution in [0.3, 0.4) is 0 Å². The zero-order valence-electron chi connectivity index (χ0n) is 15.6. The molecule has 0 saturated carbocycles. The molecule has 3 heterocycles. The van der Waals surface area contributed by atoms with E-state index in [1.807, 2.05) is 24.3 Å². The van der Waals surface area contributed by atoms with Crippen LogP contribution in [0.1, 0.15) is 15.9 Å². The number of benzene rings is 1. The first-order valence-electron chi connectivity index (χ1n) is 9.45. The molecule has 2 N–H and O–H groups in total. The Kier molecular flexibility index (Phi) is 5.89. The second-order valence-electron chi connectivity index (χ2n) is 6.68. The largest absolute Gasteiger partial charge is 0.454 e. The van der Waals surface area contributed by atoms with Gasteiger partial charge in [-0.15, -0.1) is 0 Å². The molecule has 0 bridgehead atoms. The molecule has 1 fully saturated rings. The number of rotatable bonds is 7. The highest BCUT2D eigenvalue weighted by molar-refractivity contribution is 5.94. The SMILES string of the molecule is O=C(NCc1ccc2c(c1)OCO2)c1ccc(NCCN2CCOCC2)nc1. The number of carbonyl (C=O) groups is 1. The Labute approximate surface area is 163 Å². The lowest BCUT2D eigenvalue weighted by Gasteiger charge is -2.26. The lowest BCUT2D eigenvalue weighted by molar-refractivity contribution is 0.0398. The van der Waals surface area contributed by atoms with Crippen LogP contribution in [0.4, 0.5) is 5.82 Å². The minimum absolute atomic E-state index is 0.162. The highest BCUT2D eigenvalue weighted by Gasteiger charge is 2.14. The maximum atomic E-state index is 12.3. The Morgan fingerprint density at radius 1 is 1.11 bits per heavy atom. The molecule has 1 aromatic carbocycles. The highest BCUT2D eigenvalue weighted by atomic mass is 16.7. The molecule has 28 heavy (non-hydrogen) atoms. The molecule has 4 rings (SSSR count). The van der Waals surface area contributed by atoms with Crippen LogP contribution in [0.5, 0.6) is 11.5 Å². The van der Waals surface area contributed by atoms with E-state index in [9.17, 15) is 4.79 Å². The van der Waals surface area contributed by atoms with E-state index < -0.39 is 0 Å². The van der Waals surface area contributed by atoms with Gasteiger partial charge < -0.3 is 24.8 Å². The number of morpholine rings is 1. The van der Waals surface area contributed by atoms with Crippen LogP contribution < -0.4 is 20.1 Å². The van der Waals surface area contributed by atoms with Gasteiger partial charge in [0.2, 0.25) is 6.79 Å². The predicted octanol–water partition coefficient (Wildman–Crippen LogP) is 1.48. The fourth-order valence-corrected chi connectivity index (χ4v) is 3.13. The number of anilines is 1. The molecule has 1 aromatic heterocycles. The molecular weight excluding hydrogens is 360 g/mol. The second kappa shape index (κ2) is 8.90. The molecule has 0 aliphatic carbocycles. The zero-order valence-corrected chi connectivity index (χ0v) is 15.6. The highest BCUT2D eigenvalue weighted by Crippen LogP contribution is 2.32. The van der Waals surface area contributed by atoms with E-state index in [0.717, 1.165) is 56.5 Å². The van der Waals surface area contributed by atoms with E-state index in [-0.39, 0.29) is 12.7 Å². The second-order valence-corrected chi connectivity index (χ2v) is 6.68. The number of nitrogens with zero attached hydrogens (tertiary/aromatic N) is 2. The standard InChI is InChI=1S/C20H24N4O4/c25-20(23-12-15-1-3-17-18(11-15)28-14-27-17)16-2-4-19(22-13-16)21-5-6-24-7-9-26-10-8-24/h1-4,11,13H,5-10,12,14H2,(H,21,22)(H,23,25). The van der Waals surface area contributed by atoms with Crippen LogP contribution >= 0.6 is 0 Å². The molecule has 148 valence electrons. The van der Waals surface area contributed by atoms with E-state index >= 15 is 0 Å². The fraction of sp³-hybridized carbons (Fsp3) is 0.400. The average Bonchev–Trinajstić information content (AvgIpc) is 3.21. The van der Waals surface area contributed by atoms with Crippen LogP contribution in [0, 0.1) is 0 Å². The number of hydrogen-bond acceptors (Lipinski definition) is 7. The van der Waals surface area contributed by atoms with Gasteiger partial charge in [0.05, 0.1) is 18.8 Å². The van der Waals surface area contributed by atoms with Crippen molar-refractivity contribution >= 4 is 11.7 Å². The van der Waals surface area contributed by atoms with Crippen molar-refractivity contribution in [3.63, 3.8) is 0 Å². The summed E-state index contributed by atoms with van der Waals surface area (Å²) in [5, 5.41) is 6.19. The van der Waals surface area contributed by atoms with Gasteiger partial charge in [-0.25, -0.2) is 4.98 Å². The van der Waals surface area contributed by atoms with Gasteiger partial charge in [-0.3, -0.25) is 9.69 Å². The quantitative estimate of drug-likeness (QED) is 0.748. The van der Waals surface area contributed by atoms with Crippen molar-refractivity contribution in [3.05, 3.63) is 47.7 Å². The van der Waals surface area contributed by atoms with Crippen LogP contribution in [-0.4, -0.2) is 62.0 Å². The first-order valence-corrected chi connectivity index (χ1v) is 9.45. The fourth-order valence-electron chi connectivity index (χ4n) is 3.13. The minimum atomic E-state index is -0.162. The third kappa shape index (κ3) is 4.71. The Hall–Kier alpha value is -2.84. The van der Waals surface area contributed by atoms with Gasteiger partial charge in [0.15, 0.2) is 11.5 Å². The van der Waals surface area contributed by atoms with E-state index in [1.165, 1.54) is 0 Å². The van der Waals surface area contributed by atoms with Crippen LogP contribution in [0.25, 0.3) is 0 Å². The summed E-state index contributed by atoms with van der Waals surface area (Å²) in [4.78, 5) is 19.0. The zero-order chi connectivity index (χ0) is 19.2. The molecule has 2 aliphatic rings. The normalized spacial score (nSPS) is 16.0. The third-order valence-corrected chi connectivity index (χ3v) is 4.75. The Balaban J connectivity index is 1.23. The van der Waals surface area contributed by atoms with E-state index in [0.29, 0.717) is 17.9 Å². The van der Waals surface area contributed by atoms with Gasteiger partial charge in [-0.1, -0.05) is 6.07 Å². The van der Waals surface area contributed by atoms with Gasteiger partial charge in [-0.2, -0.15) is 0 Å². The van der Waals surface area contributed by atoms with Crippen LogP contribution in [0.2, 0.25) is 0 Å². The lowest BCUT2D eigenvalue weighted by atomic mass is 10.2. The first kappa shape index (κ1) is 18.5. The molecule has 8 nitrogen and oxygen atoms in total. The molecule has 8 heteroatoms. The first-order chi connectivity index (χ1) is 13.8. The molecule has 0 radical (unpaired) electrons. The summed E-state index contributed by atoms with van der Waals surface area (Å²) >= 11 is 0. The predicted molar refractivity (Wildman–Crippen MR) is 104 cm³/mol. The van der Waals surface area contributed by atoms with Gasteiger partial charge in [0.25, 0.3) is 5.91 Å². The van der Waals surface area contributed by atoms with E-state index in [1.54, 1.807) is 12.3 Å². The van der Waals surface area contributed by atoms with Gasteiger partial charge in [-0.05, 0) is 29.8 Å². The van der Waals surface area contributed by atoms with Crippen molar-refractivity contribution in [2.75, 3.05) is 51.5 Å². The topological polar surface area (TPSA) is 85.0 Å². The molecule has 1 saturated heterocycles. The monoisotopic (exact) mass is 384 g/mol. The Bertz CT molecular complexity index is 806. The van der Waals surface area contributed by atoms with Crippen molar-refractivity contribution in [2.24, 2.45) is 0 Å². The molecule has 2 aromatic rings. The number of fused-ring (bicyclic) bond motifs is 1. The number of pyridine rings is 1. The molecule has 1 amide bonds. The summed E-state index contributed by atoms with van der Waals surface area (Å²) < 4.78 is 16.0. The van der Waals surface area contributed by atoms with Gasteiger partial charge in [0.1, 0.15) is 5.82 Å². The maximum absolute atomic E-state index is 12.3.